The summed E-state index contributed by atoms with van der Waals surface area (Å²) >= 11 is 0. The molecule has 19 heavy (non-hydrogen) atoms. The van der Waals surface area contributed by atoms with Gasteiger partial charge in [0.1, 0.15) is 0 Å². The third-order valence-corrected chi connectivity index (χ3v) is 3.06. The van der Waals surface area contributed by atoms with Gasteiger partial charge in [0, 0.05) is 6.04 Å². The third-order valence-electron chi connectivity index (χ3n) is 3.06. The molecule has 1 nitrogen and oxygen atoms in total. The molecule has 0 saturated heterocycles. The quantitative estimate of drug-likeness (QED) is 0.831. The number of alkyl halides is 3. The molecule has 0 heterocycles. The summed E-state index contributed by atoms with van der Waals surface area (Å²) in [6.07, 6.45) is -3.24. The van der Waals surface area contributed by atoms with Crippen molar-refractivity contribution in [3.63, 3.8) is 0 Å². The minimum Gasteiger partial charge on any atom is -0.310 e. The molecular formula is C15H22F3N. The molecule has 0 spiro atoms. The van der Waals surface area contributed by atoms with Crippen LogP contribution in [0.5, 0.6) is 0 Å². The zero-order valence-corrected chi connectivity index (χ0v) is 11.9. The first-order valence-electron chi connectivity index (χ1n) is 6.50. The van der Waals surface area contributed by atoms with E-state index in [0.717, 1.165) is 30.7 Å². The Balaban J connectivity index is 2.56. The van der Waals surface area contributed by atoms with Gasteiger partial charge in [-0.05, 0) is 43.0 Å². The van der Waals surface area contributed by atoms with E-state index in [0.29, 0.717) is 0 Å². The van der Waals surface area contributed by atoms with E-state index >= 15 is 0 Å². The summed E-state index contributed by atoms with van der Waals surface area (Å²) in [7, 11) is 0. The third kappa shape index (κ3) is 5.64. The van der Waals surface area contributed by atoms with Crippen molar-refractivity contribution >= 4 is 0 Å². The van der Waals surface area contributed by atoms with Crippen molar-refractivity contribution in [3.05, 3.63) is 35.4 Å². The van der Waals surface area contributed by atoms with Gasteiger partial charge < -0.3 is 5.32 Å². The van der Waals surface area contributed by atoms with Gasteiger partial charge >= 0.3 is 6.18 Å². The van der Waals surface area contributed by atoms with E-state index in [4.69, 9.17) is 0 Å². The minimum absolute atomic E-state index is 0.0598. The predicted molar refractivity (Wildman–Crippen MR) is 71.9 cm³/mol. The largest absolute Gasteiger partial charge is 0.416 e. The molecule has 0 saturated carbocycles. The molecule has 108 valence electrons. The second-order valence-corrected chi connectivity index (χ2v) is 6.11. The maximum atomic E-state index is 12.4. The van der Waals surface area contributed by atoms with E-state index < -0.39 is 11.7 Å². The SMILES string of the molecule is CC(NCCC(C)(C)C)c1ccc(C(F)(F)F)cc1. The topological polar surface area (TPSA) is 12.0 Å². The van der Waals surface area contributed by atoms with Gasteiger partial charge in [0.05, 0.1) is 5.56 Å². The smallest absolute Gasteiger partial charge is 0.310 e. The predicted octanol–water partition coefficient (Wildman–Crippen LogP) is 4.79. The van der Waals surface area contributed by atoms with Crippen LogP contribution in [-0.4, -0.2) is 6.54 Å². The van der Waals surface area contributed by atoms with Crippen LogP contribution in [-0.2, 0) is 6.18 Å². The molecule has 0 aliphatic heterocycles. The van der Waals surface area contributed by atoms with Crippen molar-refractivity contribution in [2.24, 2.45) is 5.41 Å². The fraction of sp³-hybridized carbons (Fsp3) is 0.600. The Morgan fingerprint density at radius 1 is 1.05 bits per heavy atom. The molecule has 1 atom stereocenters. The number of hydrogen-bond donors (Lipinski definition) is 1. The summed E-state index contributed by atoms with van der Waals surface area (Å²) in [4.78, 5) is 0. The lowest BCUT2D eigenvalue weighted by atomic mass is 9.92. The van der Waals surface area contributed by atoms with Gasteiger partial charge in [-0.15, -0.1) is 0 Å². The van der Waals surface area contributed by atoms with Crippen LogP contribution in [0, 0.1) is 5.41 Å². The van der Waals surface area contributed by atoms with Gasteiger partial charge in [-0.2, -0.15) is 13.2 Å². The fourth-order valence-electron chi connectivity index (χ4n) is 1.74. The van der Waals surface area contributed by atoms with Crippen LogP contribution in [0.25, 0.3) is 0 Å². The minimum atomic E-state index is -4.26. The summed E-state index contributed by atoms with van der Waals surface area (Å²) in [5.41, 5.74) is 0.535. The van der Waals surface area contributed by atoms with E-state index in [-0.39, 0.29) is 11.5 Å². The van der Waals surface area contributed by atoms with Gasteiger partial charge in [-0.3, -0.25) is 0 Å². The first-order chi connectivity index (χ1) is 8.59. The van der Waals surface area contributed by atoms with E-state index in [1.807, 2.05) is 6.92 Å². The highest BCUT2D eigenvalue weighted by atomic mass is 19.4. The zero-order chi connectivity index (χ0) is 14.7. The standard InChI is InChI=1S/C15H22F3N/c1-11(19-10-9-14(2,3)4)12-5-7-13(8-6-12)15(16,17)18/h5-8,11,19H,9-10H2,1-4H3. The molecular weight excluding hydrogens is 251 g/mol. The monoisotopic (exact) mass is 273 g/mol. The van der Waals surface area contributed by atoms with Crippen LogP contribution in [0.1, 0.15) is 51.3 Å². The molecule has 1 rings (SSSR count). The van der Waals surface area contributed by atoms with Crippen LogP contribution < -0.4 is 5.32 Å². The number of hydrogen-bond acceptors (Lipinski definition) is 1. The Kier molecular flexibility index (Phi) is 5.02. The molecule has 0 fully saturated rings. The summed E-state index contributed by atoms with van der Waals surface area (Å²) in [6, 6.07) is 5.41. The molecule has 0 aliphatic rings. The molecule has 0 aromatic heterocycles. The molecule has 1 N–H and O–H groups in total. The van der Waals surface area contributed by atoms with E-state index in [9.17, 15) is 13.2 Å². The van der Waals surface area contributed by atoms with Crippen LogP contribution in [0.15, 0.2) is 24.3 Å². The van der Waals surface area contributed by atoms with Gasteiger partial charge in [-0.25, -0.2) is 0 Å². The summed E-state index contributed by atoms with van der Waals surface area (Å²) in [5, 5.41) is 3.33. The number of rotatable bonds is 4. The average molecular weight is 273 g/mol. The first-order valence-corrected chi connectivity index (χ1v) is 6.50. The lowest BCUT2D eigenvalue weighted by molar-refractivity contribution is -0.137. The molecule has 0 amide bonds. The van der Waals surface area contributed by atoms with Gasteiger partial charge in [0.2, 0.25) is 0 Å². The summed E-state index contributed by atoms with van der Waals surface area (Å²) in [5.74, 6) is 0. The second kappa shape index (κ2) is 5.95. The number of halogens is 3. The lowest BCUT2D eigenvalue weighted by Crippen LogP contribution is -2.23. The Morgan fingerprint density at radius 3 is 2.00 bits per heavy atom. The maximum absolute atomic E-state index is 12.4. The highest BCUT2D eigenvalue weighted by Gasteiger charge is 2.30. The summed E-state index contributed by atoms with van der Waals surface area (Å²) in [6.45, 7) is 9.31. The van der Waals surface area contributed by atoms with Gasteiger partial charge in [-0.1, -0.05) is 32.9 Å². The number of benzene rings is 1. The molecule has 1 unspecified atom stereocenters. The molecule has 0 bridgehead atoms. The fourth-order valence-corrected chi connectivity index (χ4v) is 1.74. The van der Waals surface area contributed by atoms with E-state index in [2.05, 4.69) is 26.1 Å². The van der Waals surface area contributed by atoms with Gasteiger partial charge in [0.25, 0.3) is 0 Å². The highest BCUT2D eigenvalue weighted by molar-refractivity contribution is 5.26. The Hall–Kier alpha value is -1.03. The molecule has 4 heteroatoms. The lowest BCUT2D eigenvalue weighted by Gasteiger charge is -2.21. The highest BCUT2D eigenvalue weighted by Crippen LogP contribution is 2.29. The van der Waals surface area contributed by atoms with Gasteiger partial charge in [0.15, 0.2) is 0 Å². The van der Waals surface area contributed by atoms with Crippen molar-refractivity contribution in [1.82, 2.24) is 5.32 Å². The molecule has 1 aromatic carbocycles. The van der Waals surface area contributed by atoms with Crippen molar-refractivity contribution in [3.8, 4) is 0 Å². The summed E-state index contributed by atoms with van der Waals surface area (Å²) < 4.78 is 37.3. The zero-order valence-electron chi connectivity index (χ0n) is 11.9. The normalized spacial score (nSPS) is 14.5. The van der Waals surface area contributed by atoms with Crippen molar-refractivity contribution < 1.29 is 13.2 Å². The van der Waals surface area contributed by atoms with Crippen molar-refractivity contribution in [1.29, 1.82) is 0 Å². The Morgan fingerprint density at radius 2 is 1.58 bits per heavy atom. The maximum Gasteiger partial charge on any atom is 0.416 e. The van der Waals surface area contributed by atoms with Crippen LogP contribution in [0.2, 0.25) is 0 Å². The van der Waals surface area contributed by atoms with Crippen LogP contribution >= 0.6 is 0 Å². The molecule has 0 radical (unpaired) electrons. The number of nitrogens with one attached hydrogen (secondary N) is 1. The van der Waals surface area contributed by atoms with E-state index in [1.165, 1.54) is 12.1 Å². The van der Waals surface area contributed by atoms with Crippen LogP contribution in [0.4, 0.5) is 13.2 Å². The Labute approximate surface area is 113 Å². The average Bonchev–Trinajstić information content (AvgIpc) is 2.26. The van der Waals surface area contributed by atoms with Crippen molar-refractivity contribution in [2.75, 3.05) is 6.54 Å². The molecule has 1 aromatic rings. The Bertz CT molecular complexity index is 387. The second-order valence-electron chi connectivity index (χ2n) is 6.11. The van der Waals surface area contributed by atoms with E-state index in [1.54, 1.807) is 0 Å². The van der Waals surface area contributed by atoms with Crippen LogP contribution in [0.3, 0.4) is 0 Å². The first kappa shape index (κ1) is 16.0. The van der Waals surface area contributed by atoms with Crippen molar-refractivity contribution in [2.45, 2.75) is 46.3 Å². The molecule has 0 aliphatic carbocycles.